The lowest BCUT2D eigenvalue weighted by atomic mass is 10.1. The molecule has 2 aromatic heterocycles. The van der Waals surface area contributed by atoms with Crippen molar-refractivity contribution in [3.05, 3.63) is 40.8 Å². The first kappa shape index (κ1) is 10.7. The average molecular weight is 240 g/mol. The van der Waals surface area contributed by atoms with Crippen molar-refractivity contribution in [1.29, 1.82) is 0 Å². The smallest absolute Gasteiger partial charge is 0.262 e. The van der Waals surface area contributed by atoms with Crippen LogP contribution in [0.3, 0.4) is 0 Å². The normalized spacial score (nSPS) is 11.2. The molecule has 5 heteroatoms. The van der Waals surface area contributed by atoms with Crippen molar-refractivity contribution >= 4 is 27.8 Å². The number of fused-ring (bicyclic) bond motifs is 3. The number of rotatable bonds is 1. The van der Waals surface area contributed by atoms with E-state index in [4.69, 9.17) is 5.73 Å². The lowest BCUT2D eigenvalue weighted by Gasteiger charge is -2.10. The van der Waals surface area contributed by atoms with Crippen molar-refractivity contribution in [2.75, 3.05) is 5.73 Å². The predicted octanol–water partition coefficient (Wildman–Crippen LogP) is 1.55. The summed E-state index contributed by atoms with van der Waals surface area (Å²) in [4.78, 5) is 20.4. The molecule has 3 rings (SSSR count). The fourth-order valence-electron chi connectivity index (χ4n) is 2.24. The molecule has 0 fully saturated rings. The van der Waals surface area contributed by atoms with Gasteiger partial charge in [0.05, 0.1) is 16.4 Å². The van der Waals surface area contributed by atoms with Crippen LogP contribution in [0.4, 0.5) is 5.95 Å². The van der Waals surface area contributed by atoms with Crippen LogP contribution in [0.1, 0.15) is 6.92 Å². The maximum Gasteiger partial charge on any atom is 0.262 e. The van der Waals surface area contributed by atoms with Crippen LogP contribution in [0.25, 0.3) is 21.8 Å². The summed E-state index contributed by atoms with van der Waals surface area (Å²) in [5.41, 5.74) is 7.02. The molecular formula is C13H12N4O. The molecule has 1 aromatic carbocycles. The summed E-state index contributed by atoms with van der Waals surface area (Å²) in [6.07, 6.45) is 1.50. The number of hydrogen-bond acceptors (Lipinski definition) is 4. The third-order valence-corrected chi connectivity index (χ3v) is 3.05. The molecule has 0 atom stereocenters. The van der Waals surface area contributed by atoms with Gasteiger partial charge in [-0.1, -0.05) is 18.2 Å². The third-order valence-electron chi connectivity index (χ3n) is 3.05. The number of anilines is 1. The topological polar surface area (TPSA) is 73.8 Å². The van der Waals surface area contributed by atoms with Crippen LogP contribution in [-0.2, 0) is 6.54 Å². The number of benzene rings is 1. The van der Waals surface area contributed by atoms with Gasteiger partial charge in [0.2, 0.25) is 5.95 Å². The Morgan fingerprint density at radius 1 is 1.28 bits per heavy atom. The average Bonchev–Trinajstić information content (AvgIpc) is 2.39. The predicted molar refractivity (Wildman–Crippen MR) is 71.4 cm³/mol. The Kier molecular flexibility index (Phi) is 2.26. The van der Waals surface area contributed by atoms with E-state index in [1.807, 2.05) is 31.2 Å². The first-order chi connectivity index (χ1) is 8.72. The molecule has 0 aliphatic heterocycles. The van der Waals surface area contributed by atoms with E-state index < -0.39 is 0 Å². The zero-order chi connectivity index (χ0) is 12.7. The number of nitrogen functional groups attached to an aromatic ring is 1. The molecule has 0 spiro atoms. The summed E-state index contributed by atoms with van der Waals surface area (Å²) in [5.74, 6) is 0.182. The van der Waals surface area contributed by atoms with Gasteiger partial charge < -0.3 is 10.3 Å². The molecule has 5 nitrogen and oxygen atoms in total. The molecule has 0 amide bonds. The molecule has 0 radical (unpaired) electrons. The minimum absolute atomic E-state index is 0.0776. The molecule has 0 unspecified atom stereocenters. The highest BCUT2D eigenvalue weighted by atomic mass is 16.1. The molecule has 0 aliphatic rings. The summed E-state index contributed by atoms with van der Waals surface area (Å²) < 4.78 is 1.72. The van der Waals surface area contributed by atoms with Gasteiger partial charge in [-0.15, -0.1) is 0 Å². The van der Waals surface area contributed by atoms with Gasteiger partial charge in [-0.2, -0.15) is 0 Å². The Labute approximate surface area is 103 Å². The van der Waals surface area contributed by atoms with Crippen LogP contribution in [0.15, 0.2) is 35.3 Å². The highest BCUT2D eigenvalue weighted by molar-refractivity contribution is 6.03. The Morgan fingerprint density at radius 2 is 2.06 bits per heavy atom. The molecule has 3 aromatic rings. The van der Waals surface area contributed by atoms with Gasteiger partial charge in [-0.05, 0) is 13.0 Å². The van der Waals surface area contributed by atoms with Gasteiger partial charge in [-0.3, -0.25) is 4.79 Å². The van der Waals surface area contributed by atoms with Crippen molar-refractivity contribution in [3.63, 3.8) is 0 Å². The second kappa shape index (κ2) is 3.80. The number of hydrogen-bond donors (Lipinski definition) is 1. The lowest BCUT2D eigenvalue weighted by molar-refractivity contribution is 0.766. The highest BCUT2D eigenvalue weighted by Crippen LogP contribution is 2.20. The number of aryl methyl sites for hydroxylation is 1. The fourth-order valence-corrected chi connectivity index (χ4v) is 2.24. The summed E-state index contributed by atoms with van der Waals surface area (Å²) in [7, 11) is 0. The van der Waals surface area contributed by atoms with E-state index in [0.717, 1.165) is 10.9 Å². The van der Waals surface area contributed by atoms with Crippen molar-refractivity contribution in [2.24, 2.45) is 0 Å². The second-order valence-electron chi connectivity index (χ2n) is 4.06. The van der Waals surface area contributed by atoms with E-state index in [2.05, 4.69) is 9.97 Å². The number of aromatic nitrogens is 3. The molecular weight excluding hydrogens is 228 g/mol. The maximum absolute atomic E-state index is 12.3. The van der Waals surface area contributed by atoms with Crippen molar-refractivity contribution in [3.8, 4) is 0 Å². The van der Waals surface area contributed by atoms with Gasteiger partial charge in [0.1, 0.15) is 0 Å². The van der Waals surface area contributed by atoms with E-state index in [-0.39, 0.29) is 11.5 Å². The summed E-state index contributed by atoms with van der Waals surface area (Å²) in [6, 6.07) is 7.68. The second-order valence-corrected chi connectivity index (χ2v) is 4.06. The van der Waals surface area contributed by atoms with E-state index in [1.54, 1.807) is 4.57 Å². The van der Waals surface area contributed by atoms with Crippen molar-refractivity contribution in [2.45, 2.75) is 13.5 Å². The van der Waals surface area contributed by atoms with Crippen LogP contribution < -0.4 is 11.3 Å². The Balaban J connectivity index is 2.67. The summed E-state index contributed by atoms with van der Waals surface area (Å²) in [5, 5.41) is 1.42. The molecule has 0 aliphatic carbocycles. The molecule has 0 saturated carbocycles. The van der Waals surface area contributed by atoms with Gasteiger partial charge in [0, 0.05) is 18.1 Å². The van der Waals surface area contributed by atoms with Gasteiger partial charge in [-0.25, -0.2) is 9.97 Å². The van der Waals surface area contributed by atoms with Crippen LogP contribution in [0.5, 0.6) is 0 Å². The van der Waals surface area contributed by atoms with Crippen molar-refractivity contribution < 1.29 is 0 Å². The molecule has 90 valence electrons. The molecule has 0 bridgehead atoms. The third kappa shape index (κ3) is 1.37. The van der Waals surface area contributed by atoms with E-state index in [9.17, 15) is 4.79 Å². The van der Waals surface area contributed by atoms with Crippen LogP contribution >= 0.6 is 0 Å². The number of para-hydroxylation sites is 1. The molecule has 18 heavy (non-hydrogen) atoms. The lowest BCUT2D eigenvalue weighted by Crippen LogP contribution is -2.20. The van der Waals surface area contributed by atoms with Crippen LogP contribution in [0, 0.1) is 0 Å². The van der Waals surface area contributed by atoms with Gasteiger partial charge in [0.25, 0.3) is 5.56 Å². The monoisotopic (exact) mass is 240 g/mol. The zero-order valence-electron chi connectivity index (χ0n) is 9.92. The van der Waals surface area contributed by atoms with Gasteiger partial charge in [0.15, 0.2) is 0 Å². The summed E-state index contributed by atoms with van der Waals surface area (Å²) in [6.45, 7) is 2.55. The number of nitrogens with zero attached hydrogens (tertiary/aromatic N) is 3. The maximum atomic E-state index is 12.3. The fraction of sp³-hybridized carbons (Fsp3) is 0.154. The Bertz CT molecular complexity index is 807. The minimum atomic E-state index is -0.0776. The Morgan fingerprint density at radius 3 is 2.83 bits per heavy atom. The standard InChI is InChI=1S/C13H12N4O/c1-2-17-10-6-4-3-5-8(10)11-9(12(17)18)7-15-13(14)16-11/h3-7H,2H2,1H3,(H2,14,15,16). The largest absolute Gasteiger partial charge is 0.368 e. The van der Waals surface area contributed by atoms with E-state index >= 15 is 0 Å². The molecule has 2 N–H and O–H groups in total. The first-order valence-corrected chi connectivity index (χ1v) is 5.76. The quantitative estimate of drug-likeness (QED) is 0.655. The van der Waals surface area contributed by atoms with E-state index in [1.165, 1.54) is 6.20 Å². The zero-order valence-corrected chi connectivity index (χ0v) is 9.92. The van der Waals surface area contributed by atoms with Crippen LogP contribution in [0.2, 0.25) is 0 Å². The number of pyridine rings is 1. The van der Waals surface area contributed by atoms with Gasteiger partial charge >= 0.3 is 0 Å². The molecule has 2 heterocycles. The van der Waals surface area contributed by atoms with E-state index in [0.29, 0.717) is 17.4 Å². The first-order valence-electron chi connectivity index (χ1n) is 5.76. The Hall–Kier alpha value is -2.43. The number of nitrogens with two attached hydrogens (primary N) is 1. The summed E-state index contributed by atoms with van der Waals surface area (Å²) >= 11 is 0. The SMILES string of the molecule is CCn1c(=O)c2cnc(N)nc2c2ccccc21. The van der Waals surface area contributed by atoms with Crippen LogP contribution in [-0.4, -0.2) is 14.5 Å². The highest BCUT2D eigenvalue weighted by Gasteiger charge is 2.10. The van der Waals surface area contributed by atoms with Crippen molar-refractivity contribution in [1.82, 2.24) is 14.5 Å². The molecule has 0 saturated heterocycles. The minimum Gasteiger partial charge on any atom is -0.368 e.